The Morgan fingerprint density at radius 1 is 1.37 bits per heavy atom. The summed E-state index contributed by atoms with van der Waals surface area (Å²) in [5, 5.41) is 8.92. The molecule has 5 nitrogen and oxygen atoms in total. The van der Waals surface area contributed by atoms with Crippen molar-refractivity contribution in [3.63, 3.8) is 0 Å². The first kappa shape index (κ1) is 13.0. The number of furan rings is 1. The summed E-state index contributed by atoms with van der Waals surface area (Å²) in [6.07, 6.45) is 0. The first-order valence-electron chi connectivity index (χ1n) is 5.86. The summed E-state index contributed by atoms with van der Waals surface area (Å²) in [5.41, 5.74) is 6.94. The molecule has 3 N–H and O–H groups in total. The van der Waals surface area contributed by atoms with Gasteiger partial charge in [-0.25, -0.2) is 4.79 Å². The van der Waals surface area contributed by atoms with E-state index in [0.717, 1.165) is 17.2 Å². The van der Waals surface area contributed by atoms with Crippen LogP contribution in [0.3, 0.4) is 0 Å². The predicted octanol–water partition coefficient (Wildman–Crippen LogP) is 2.50. The highest BCUT2D eigenvalue weighted by Crippen LogP contribution is 2.22. The topological polar surface area (TPSA) is 79.7 Å². The molecule has 0 aliphatic heterocycles. The largest absolute Gasteiger partial charge is 0.478 e. The average molecular weight is 260 g/mol. The fourth-order valence-corrected chi connectivity index (χ4v) is 1.88. The zero-order valence-electron chi connectivity index (χ0n) is 10.9. The lowest BCUT2D eigenvalue weighted by Gasteiger charge is -2.18. The van der Waals surface area contributed by atoms with E-state index in [0.29, 0.717) is 6.54 Å². The van der Waals surface area contributed by atoms with E-state index in [4.69, 9.17) is 15.3 Å². The number of hydrogen-bond acceptors (Lipinski definition) is 4. The number of hydrogen-bond donors (Lipinski definition) is 2. The fourth-order valence-electron chi connectivity index (χ4n) is 1.88. The monoisotopic (exact) mass is 260 g/mol. The number of nitrogen functional groups attached to an aromatic ring is 1. The van der Waals surface area contributed by atoms with Crippen LogP contribution in [0.25, 0.3) is 0 Å². The Morgan fingerprint density at radius 3 is 2.63 bits per heavy atom. The van der Waals surface area contributed by atoms with Crippen LogP contribution in [-0.2, 0) is 6.54 Å². The molecule has 0 saturated heterocycles. The normalized spacial score (nSPS) is 10.4. The number of carboxylic acid groups (broad SMARTS) is 1. The number of aryl methyl sites for hydroxylation is 1. The van der Waals surface area contributed by atoms with E-state index in [1.54, 1.807) is 12.1 Å². The van der Waals surface area contributed by atoms with Crippen LogP contribution in [0.2, 0.25) is 0 Å². The molecule has 0 fully saturated rings. The van der Waals surface area contributed by atoms with E-state index in [1.807, 2.05) is 31.0 Å². The van der Waals surface area contributed by atoms with Crippen LogP contribution < -0.4 is 10.6 Å². The maximum absolute atomic E-state index is 10.9. The molecular formula is C14H16N2O3. The van der Waals surface area contributed by atoms with Crippen LogP contribution in [0.15, 0.2) is 34.7 Å². The van der Waals surface area contributed by atoms with Gasteiger partial charge in [-0.05, 0) is 37.3 Å². The Hall–Kier alpha value is -2.43. The third kappa shape index (κ3) is 2.88. The summed E-state index contributed by atoms with van der Waals surface area (Å²) in [6.45, 7) is 2.49. The maximum atomic E-state index is 10.9. The van der Waals surface area contributed by atoms with Crippen molar-refractivity contribution in [1.82, 2.24) is 0 Å². The second kappa shape index (κ2) is 5.06. The van der Waals surface area contributed by atoms with Gasteiger partial charge in [0.1, 0.15) is 11.5 Å². The van der Waals surface area contributed by atoms with Crippen LogP contribution in [0.4, 0.5) is 11.4 Å². The third-order valence-corrected chi connectivity index (χ3v) is 2.90. The van der Waals surface area contributed by atoms with E-state index in [2.05, 4.69) is 0 Å². The van der Waals surface area contributed by atoms with Crippen molar-refractivity contribution >= 4 is 17.3 Å². The van der Waals surface area contributed by atoms with Crippen LogP contribution in [0.5, 0.6) is 0 Å². The highest BCUT2D eigenvalue weighted by atomic mass is 16.4. The number of benzene rings is 1. The number of nitrogens with zero attached hydrogens (tertiary/aromatic N) is 1. The van der Waals surface area contributed by atoms with Crippen LogP contribution in [-0.4, -0.2) is 18.1 Å². The summed E-state index contributed by atoms with van der Waals surface area (Å²) >= 11 is 0. The van der Waals surface area contributed by atoms with Gasteiger partial charge in [-0.15, -0.1) is 0 Å². The zero-order chi connectivity index (χ0) is 14.0. The Morgan fingerprint density at radius 2 is 2.11 bits per heavy atom. The van der Waals surface area contributed by atoms with Gasteiger partial charge in [-0.2, -0.15) is 0 Å². The highest BCUT2D eigenvalue weighted by molar-refractivity contribution is 5.94. The highest BCUT2D eigenvalue weighted by Gasteiger charge is 2.11. The minimum absolute atomic E-state index is 0.117. The van der Waals surface area contributed by atoms with Gasteiger partial charge in [0.05, 0.1) is 12.1 Å². The average Bonchev–Trinajstić information content (AvgIpc) is 2.74. The van der Waals surface area contributed by atoms with Crippen LogP contribution in [0.1, 0.15) is 21.9 Å². The molecule has 0 unspecified atom stereocenters. The Bertz CT molecular complexity index is 604. The minimum Gasteiger partial charge on any atom is -0.478 e. The summed E-state index contributed by atoms with van der Waals surface area (Å²) < 4.78 is 5.50. The van der Waals surface area contributed by atoms with Crippen LogP contribution >= 0.6 is 0 Å². The second-order valence-electron chi connectivity index (χ2n) is 4.45. The van der Waals surface area contributed by atoms with E-state index in [-0.39, 0.29) is 11.3 Å². The summed E-state index contributed by atoms with van der Waals surface area (Å²) in [6, 6.07) is 8.72. The molecule has 1 aromatic heterocycles. The molecule has 2 rings (SSSR count). The zero-order valence-corrected chi connectivity index (χ0v) is 10.9. The van der Waals surface area contributed by atoms with Crippen molar-refractivity contribution < 1.29 is 14.3 Å². The predicted molar refractivity (Wildman–Crippen MR) is 73.4 cm³/mol. The molecule has 0 spiro atoms. The molecule has 0 radical (unpaired) electrons. The Labute approximate surface area is 111 Å². The lowest BCUT2D eigenvalue weighted by Crippen LogP contribution is -2.16. The lowest BCUT2D eigenvalue weighted by molar-refractivity contribution is 0.0698. The number of nitrogens with two attached hydrogens (primary N) is 1. The van der Waals surface area contributed by atoms with E-state index < -0.39 is 5.97 Å². The maximum Gasteiger partial charge on any atom is 0.337 e. The van der Waals surface area contributed by atoms with E-state index in [9.17, 15) is 4.79 Å². The SMILES string of the molecule is Cc1ccc(CN(C)c2ccc(C(=O)O)c(N)c2)o1. The molecule has 0 aliphatic carbocycles. The molecule has 100 valence electrons. The van der Waals surface area contributed by atoms with Gasteiger partial charge in [0.15, 0.2) is 0 Å². The van der Waals surface area contributed by atoms with Crippen molar-refractivity contribution in [2.24, 2.45) is 0 Å². The number of rotatable bonds is 4. The molecule has 0 amide bonds. The van der Waals surface area contributed by atoms with Gasteiger partial charge >= 0.3 is 5.97 Å². The Balaban J connectivity index is 2.17. The second-order valence-corrected chi connectivity index (χ2v) is 4.45. The van der Waals surface area contributed by atoms with Gasteiger partial charge < -0.3 is 20.2 Å². The first-order chi connectivity index (χ1) is 8.97. The number of anilines is 2. The van der Waals surface area contributed by atoms with Gasteiger partial charge in [0.25, 0.3) is 0 Å². The molecule has 0 aliphatic rings. The molecule has 2 aromatic rings. The fraction of sp³-hybridized carbons (Fsp3) is 0.214. The molecular weight excluding hydrogens is 244 g/mol. The van der Waals surface area contributed by atoms with Crippen molar-refractivity contribution in [3.05, 3.63) is 47.4 Å². The van der Waals surface area contributed by atoms with E-state index >= 15 is 0 Å². The van der Waals surface area contributed by atoms with Crippen molar-refractivity contribution in [1.29, 1.82) is 0 Å². The van der Waals surface area contributed by atoms with Crippen molar-refractivity contribution in [2.45, 2.75) is 13.5 Å². The standard InChI is InChI=1S/C14H16N2O3/c1-9-3-5-11(19-9)8-16(2)10-4-6-12(14(17)18)13(15)7-10/h3-7H,8,15H2,1-2H3,(H,17,18). The van der Waals surface area contributed by atoms with Crippen LogP contribution in [0, 0.1) is 6.92 Å². The first-order valence-corrected chi connectivity index (χ1v) is 5.86. The smallest absolute Gasteiger partial charge is 0.337 e. The summed E-state index contributed by atoms with van der Waals surface area (Å²) in [7, 11) is 1.90. The third-order valence-electron chi connectivity index (χ3n) is 2.90. The van der Waals surface area contributed by atoms with Crippen molar-refractivity contribution in [3.8, 4) is 0 Å². The minimum atomic E-state index is -1.02. The summed E-state index contributed by atoms with van der Waals surface area (Å²) in [5.74, 6) is 0.693. The van der Waals surface area contributed by atoms with Gasteiger partial charge in [-0.1, -0.05) is 0 Å². The molecule has 0 bridgehead atoms. The number of carboxylic acids is 1. The summed E-state index contributed by atoms with van der Waals surface area (Å²) in [4.78, 5) is 12.8. The lowest BCUT2D eigenvalue weighted by atomic mass is 10.1. The molecule has 1 heterocycles. The number of aromatic carboxylic acids is 1. The van der Waals surface area contributed by atoms with Gasteiger partial charge in [0, 0.05) is 18.4 Å². The molecule has 19 heavy (non-hydrogen) atoms. The van der Waals surface area contributed by atoms with E-state index in [1.165, 1.54) is 6.07 Å². The molecule has 0 atom stereocenters. The van der Waals surface area contributed by atoms with Gasteiger partial charge in [0.2, 0.25) is 0 Å². The molecule has 5 heteroatoms. The molecule has 1 aromatic carbocycles. The Kier molecular flexibility index (Phi) is 3.46. The molecule has 0 saturated carbocycles. The number of carbonyl (C=O) groups is 1. The van der Waals surface area contributed by atoms with Gasteiger partial charge in [-0.3, -0.25) is 0 Å². The quantitative estimate of drug-likeness (QED) is 0.826. The van der Waals surface area contributed by atoms with Crippen molar-refractivity contribution in [2.75, 3.05) is 17.7 Å².